The van der Waals surface area contributed by atoms with Gasteiger partial charge in [0.05, 0.1) is 6.21 Å². The smallest absolute Gasteiger partial charge is 0.124 e. The zero-order valence-electron chi connectivity index (χ0n) is 9.20. The molecule has 0 amide bonds. The van der Waals surface area contributed by atoms with Crippen molar-refractivity contribution in [3.63, 3.8) is 0 Å². The fourth-order valence-corrected chi connectivity index (χ4v) is 1.23. The summed E-state index contributed by atoms with van der Waals surface area (Å²) in [6.07, 6.45) is 4.17. The Morgan fingerprint density at radius 2 is 2.31 bits per heavy atom. The van der Waals surface area contributed by atoms with Crippen LogP contribution in [0.2, 0.25) is 0 Å². The topological polar surface area (TPSA) is 32.6 Å². The van der Waals surface area contributed by atoms with Gasteiger partial charge in [-0.1, -0.05) is 30.3 Å². The first kappa shape index (κ1) is 12.3. The maximum atomic E-state index is 13.0. The number of unbranched alkanes of at least 4 members (excludes halogenated alkanes) is 2. The largest absolute Gasteiger partial charge is 0.411 e. The van der Waals surface area contributed by atoms with Crippen LogP contribution in [0.4, 0.5) is 4.39 Å². The van der Waals surface area contributed by atoms with Crippen LogP contribution in [0.5, 0.6) is 0 Å². The molecule has 0 aliphatic rings. The normalized spacial score (nSPS) is 10.1. The van der Waals surface area contributed by atoms with Crippen molar-refractivity contribution < 1.29 is 9.60 Å². The van der Waals surface area contributed by atoms with Crippen LogP contribution in [0, 0.1) is 17.7 Å². The lowest BCUT2D eigenvalue weighted by Crippen LogP contribution is -1.89. The summed E-state index contributed by atoms with van der Waals surface area (Å²) in [7, 11) is 0. The molecule has 0 unspecified atom stereocenters. The molecular weight excluding hydrogens is 205 g/mol. The fourth-order valence-electron chi connectivity index (χ4n) is 1.23. The van der Waals surface area contributed by atoms with Gasteiger partial charge in [-0.3, -0.25) is 0 Å². The summed E-state index contributed by atoms with van der Waals surface area (Å²) in [4.78, 5) is 0. The summed E-state index contributed by atoms with van der Waals surface area (Å²) < 4.78 is 13.0. The molecule has 0 aliphatic heterocycles. The second-order valence-corrected chi connectivity index (χ2v) is 3.38. The van der Waals surface area contributed by atoms with E-state index in [2.05, 4.69) is 23.9 Å². The van der Waals surface area contributed by atoms with E-state index in [4.69, 9.17) is 5.21 Å². The second kappa shape index (κ2) is 6.62. The Balaban J connectivity index is 2.90. The molecule has 1 N–H and O–H groups in total. The highest BCUT2D eigenvalue weighted by atomic mass is 19.1. The van der Waals surface area contributed by atoms with Crippen molar-refractivity contribution in [1.29, 1.82) is 0 Å². The second-order valence-electron chi connectivity index (χ2n) is 3.38. The summed E-state index contributed by atoms with van der Waals surface area (Å²) >= 11 is 0. The predicted molar refractivity (Wildman–Crippen MR) is 62.2 cm³/mol. The number of nitrogens with zero attached hydrogens (tertiary/aromatic N) is 1. The number of hydrogen-bond acceptors (Lipinski definition) is 2. The maximum absolute atomic E-state index is 13.0. The molecule has 0 fully saturated rings. The molecule has 1 aromatic carbocycles. The Kier molecular flexibility index (Phi) is 5.07. The van der Waals surface area contributed by atoms with E-state index in [0.29, 0.717) is 11.1 Å². The van der Waals surface area contributed by atoms with Crippen molar-refractivity contribution in [2.45, 2.75) is 26.2 Å². The van der Waals surface area contributed by atoms with Gasteiger partial charge in [0.2, 0.25) is 0 Å². The summed E-state index contributed by atoms with van der Waals surface area (Å²) in [6, 6.07) is 4.20. The van der Waals surface area contributed by atoms with Gasteiger partial charge in [0.1, 0.15) is 5.82 Å². The molecule has 84 valence electrons. The Labute approximate surface area is 94.8 Å². The lowest BCUT2D eigenvalue weighted by molar-refractivity contribution is 0.322. The summed E-state index contributed by atoms with van der Waals surface area (Å²) in [5.41, 5.74) is 1.17. The third-order valence-corrected chi connectivity index (χ3v) is 2.09. The van der Waals surface area contributed by atoms with Crippen LogP contribution in [0.1, 0.15) is 37.3 Å². The van der Waals surface area contributed by atoms with E-state index >= 15 is 0 Å². The molecule has 1 rings (SSSR count). The van der Waals surface area contributed by atoms with Crippen molar-refractivity contribution >= 4 is 6.21 Å². The third-order valence-electron chi connectivity index (χ3n) is 2.09. The minimum atomic E-state index is -0.338. The van der Waals surface area contributed by atoms with E-state index in [1.165, 1.54) is 18.3 Å². The highest BCUT2D eigenvalue weighted by Gasteiger charge is 1.99. The lowest BCUT2D eigenvalue weighted by Gasteiger charge is -1.97. The molecule has 0 radical (unpaired) electrons. The molecule has 16 heavy (non-hydrogen) atoms. The van der Waals surface area contributed by atoms with Gasteiger partial charge >= 0.3 is 0 Å². The van der Waals surface area contributed by atoms with Crippen LogP contribution in [0.25, 0.3) is 0 Å². The Morgan fingerprint density at radius 3 is 3.00 bits per heavy atom. The van der Waals surface area contributed by atoms with Crippen LogP contribution >= 0.6 is 0 Å². The molecule has 0 aromatic heterocycles. The van der Waals surface area contributed by atoms with E-state index < -0.39 is 0 Å². The van der Waals surface area contributed by atoms with Crippen LogP contribution in [-0.4, -0.2) is 11.4 Å². The van der Waals surface area contributed by atoms with Crippen LogP contribution in [0.3, 0.4) is 0 Å². The average molecular weight is 219 g/mol. The summed E-state index contributed by atoms with van der Waals surface area (Å²) in [5.74, 6) is 5.51. The van der Waals surface area contributed by atoms with Gasteiger partial charge < -0.3 is 5.21 Å². The first-order chi connectivity index (χ1) is 7.77. The monoisotopic (exact) mass is 219 g/mol. The van der Waals surface area contributed by atoms with Gasteiger partial charge in [0, 0.05) is 17.5 Å². The Morgan fingerprint density at radius 1 is 1.50 bits per heavy atom. The fraction of sp³-hybridized carbons (Fsp3) is 0.308. The van der Waals surface area contributed by atoms with Crippen LogP contribution in [-0.2, 0) is 0 Å². The lowest BCUT2D eigenvalue weighted by atomic mass is 10.1. The van der Waals surface area contributed by atoms with Crippen LogP contribution in [0.15, 0.2) is 23.4 Å². The minimum absolute atomic E-state index is 0.338. The van der Waals surface area contributed by atoms with E-state index in [1.807, 2.05) is 0 Å². The molecule has 0 atom stereocenters. The Hall–Kier alpha value is -1.82. The van der Waals surface area contributed by atoms with Gasteiger partial charge in [-0.15, -0.1) is 0 Å². The molecule has 0 spiro atoms. The molecule has 3 heteroatoms. The molecule has 0 bridgehead atoms. The minimum Gasteiger partial charge on any atom is -0.411 e. The molecule has 0 saturated heterocycles. The van der Waals surface area contributed by atoms with Gasteiger partial charge in [-0.25, -0.2) is 4.39 Å². The van der Waals surface area contributed by atoms with Gasteiger partial charge in [0.25, 0.3) is 0 Å². The van der Waals surface area contributed by atoms with Gasteiger partial charge in [-0.05, 0) is 24.6 Å². The average Bonchev–Trinajstić information content (AvgIpc) is 2.28. The maximum Gasteiger partial charge on any atom is 0.124 e. The zero-order valence-corrected chi connectivity index (χ0v) is 9.20. The summed E-state index contributed by atoms with van der Waals surface area (Å²) in [5, 5.41) is 11.4. The van der Waals surface area contributed by atoms with E-state index in [9.17, 15) is 4.39 Å². The molecule has 1 aromatic rings. The first-order valence-electron chi connectivity index (χ1n) is 5.23. The van der Waals surface area contributed by atoms with E-state index in [-0.39, 0.29) is 5.82 Å². The predicted octanol–water partition coefficient (Wildman–Crippen LogP) is 3.18. The highest BCUT2D eigenvalue weighted by Crippen LogP contribution is 2.08. The summed E-state index contributed by atoms with van der Waals surface area (Å²) in [6.45, 7) is 2.09. The molecular formula is C13H14FNO. The van der Waals surface area contributed by atoms with Crippen molar-refractivity contribution in [2.75, 3.05) is 0 Å². The van der Waals surface area contributed by atoms with Crippen molar-refractivity contribution in [3.8, 4) is 11.8 Å². The number of hydrogen-bond donors (Lipinski definition) is 1. The van der Waals surface area contributed by atoms with Gasteiger partial charge in [-0.2, -0.15) is 0 Å². The standard InChI is InChI=1S/C13H14FNO/c1-2-3-4-5-6-11-9-13(14)8-7-12(11)10-15-16/h7-10,16H,2-4H2,1H3/b15-10+. The quantitative estimate of drug-likeness (QED) is 0.273. The van der Waals surface area contributed by atoms with E-state index in [1.54, 1.807) is 6.07 Å². The number of benzene rings is 1. The van der Waals surface area contributed by atoms with E-state index in [0.717, 1.165) is 19.3 Å². The van der Waals surface area contributed by atoms with Crippen molar-refractivity contribution in [2.24, 2.45) is 5.16 Å². The number of oxime groups is 1. The number of halogens is 1. The third kappa shape index (κ3) is 3.74. The van der Waals surface area contributed by atoms with Gasteiger partial charge in [0.15, 0.2) is 0 Å². The van der Waals surface area contributed by atoms with Crippen molar-refractivity contribution in [1.82, 2.24) is 0 Å². The molecule has 2 nitrogen and oxygen atoms in total. The van der Waals surface area contributed by atoms with Crippen molar-refractivity contribution in [3.05, 3.63) is 35.1 Å². The number of rotatable bonds is 3. The first-order valence-corrected chi connectivity index (χ1v) is 5.23. The highest BCUT2D eigenvalue weighted by molar-refractivity contribution is 5.83. The SMILES string of the molecule is CCCCC#Cc1cc(F)ccc1/C=N/O. The van der Waals surface area contributed by atoms with Crippen LogP contribution < -0.4 is 0 Å². The zero-order chi connectivity index (χ0) is 11.8. The molecule has 0 saturated carbocycles. The Bertz CT molecular complexity index is 429. The molecule has 0 aliphatic carbocycles. The molecule has 0 heterocycles.